The van der Waals surface area contributed by atoms with E-state index in [-0.39, 0.29) is 6.10 Å². The van der Waals surface area contributed by atoms with Gasteiger partial charge in [0.1, 0.15) is 0 Å². The Labute approximate surface area is 167 Å². The Morgan fingerprint density at radius 1 is 1.00 bits per heavy atom. The zero-order valence-corrected chi connectivity index (χ0v) is 18.1. The van der Waals surface area contributed by atoms with E-state index in [0.717, 1.165) is 30.2 Å². The first-order valence-corrected chi connectivity index (χ1v) is 12.4. The molecule has 0 fully saturated rings. The first kappa shape index (κ1) is 21.3. The molecule has 0 bridgehead atoms. The fourth-order valence-electron chi connectivity index (χ4n) is 3.08. The van der Waals surface area contributed by atoms with Crippen LogP contribution in [0.25, 0.3) is 0 Å². The molecule has 0 saturated heterocycles. The number of nitrogens with one attached hydrogen (secondary N) is 1. The van der Waals surface area contributed by atoms with Gasteiger partial charge in [-0.05, 0) is 35.8 Å². The number of aromatic nitrogens is 2. The summed E-state index contributed by atoms with van der Waals surface area (Å²) in [6.45, 7) is 8.03. The van der Waals surface area contributed by atoms with E-state index in [4.69, 9.17) is 27.6 Å². The number of rotatable bonds is 10. The zero-order chi connectivity index (χ0) is 19.0. The molecule has 7 heteroatoms. The Bertz CT molecular complexity index is 655. The van der Waals surface area contributed by atoms with Crippen molar-refractivity contribution in [3.8, 4) is 0 Å². The van der Waals surface area contributed by atoms with Crippen molar-refractivity contribution in [1.82, 2.24) is 15.3 Å². The van der Waals surface area contributed by atoms with Gasteiger partial charge in [-0.15, -0.1) is 0 Å². The molecule has 142 valence electrons. The maximum atomic E-state index is 6.74. The normalized spacial score (nSPS) is 13.0. The van der Waals surface area contributed by atoms with E-state index < -0.39 is 8.32 Å². The maximum absolute atomic E-state index is 6.74. The third-order valence-electron chi connectivity index (χ3n) is 4.95. The van der Waals surface area contributed by atoms with Gasteiger partial charge in [-0.2, -0.15) is 0 Å². The van der Waals surface area contributed by atoms with E-state index in [1.165, 1.54) is 5.56 Å². The molecule has 2 rings (SSSR count). The highest BCUT2D eigenvalue weighted by atomic mass is 35.5. The van der Waals surface area contributed by atoms with Crippen molar-refractivity contribution < 1.29 is 4.43 Å². The van der Waals surface area contributed by atoms with Gasteiger partial charge >= 0.3 is 0 Å². The molecule has 1 atom stereocenters. The summed E-state index contributed by atoms with van der Waals surface area (Å²) < 4.78 is 6.74. The van der Waals surface area contributed by atoms with Crippen LogP contribution in [-0.2, 0) is 11.0 Å². The van der Waals surface area contributed by atoms with Gasteiger partial charge in [0.15, 0.2) is 8.32 Å². The summed E-state index contributed by atoms with van der Waals surface area (Å²) in [4.78, 5) is 8.13. The Hall–Kier alpha value is -0.983. The van der Waals surface area contributed by atoms with Crippen LogP contribution in [0.5, 0.6) is 0 Å². The molecule has 1 unspecified atom stereocenters. The molecule has 26 heavy (non-hydrogen) atoms. The molecule has 2 aromatic rings. The Morgan fingerprint density at radius 2 is 1.58 bits per heavy atom. The number of halogens is 2. The molecule has 4 nitrogen and oxygen atoms in total. The molecule has 0 spiro atoms. The third-order valence-corrected chi connectivity index (χ3v) is 10.2. The predicted octanol–water partition coefficient (Wildman–Crippen LogP) is 5.64. The topological polar surface area (TPSA) is 47.0 Å². The highest BCUT2D eigenvalue weighted by Crippen LogP contribution is 2.36. The van der Waals surface area contributed by atoms with Gasteiger partial charge in [0.05, 0.1) is 16.1 Å². The zero-order valence-electron chi connectivity index (χ0n) is 15.6. The van der Waals surface area contributed by atoms with Gasteiger partial charge < -0.3 is 9.74 Å². The summed E-state index contributed by atoms with van der Waals surface area (Å²) in [6, 6.07) is 7.21. The van der Waals surface area contributed by atoms with Crippen LogP contribution < -0.4 is 5.32 Å². The summed E-state index contributed by atoms with van der Waals surface area (Å²) in [7, 11) is -1.83. The van der Waals surface area contributed by atoms with Gasteiger partial charge in [0, 0.05) is 43.4 Å². The number of pyridine rings is 2. The Morgan fingerprint density at radius 3 is 2.12 bits per heavy atom. The van der Waals surface area contributed by atoms with Crippen LogP contribution in [0.2, 0.25) is 28.2 Å². The predicted molar refractivity (Wildman–Crippen MR) is 111 cm³/mol. The standard InChI is InChI=1S/C19H27Cl2N3OSi/c1-4-26(5-2,6-3)25-18(19-16(20)12-24-13-17(19)21)14-23-11-15-7-9-22-10-8-15/h7-10,12-13,18,23H,4-6,11,14H2,1-3H3. The van der Waals surface area contributed by atoms with Gasteiger partial charge in [-0.25, -0.2) is 0 Å². The minimum Gasteiger partial charge on any atom is -0.409 e. The SMILES string of the molecule is CC[Si](CC)(CC)OC(CNCc1ccncc1)c1c(Cl)cncc1Cl. The van der Waals surface area contributed by atoms with Crippen molar-refractivity contribution in [3.63, 3.8) is 0 Å². The van der Waals surface area contributed by atoms with Crippen molar-refractivity contribution in [2.24, 2.45) is 0 Å². The maximum Gasteiger partial charge on any atom is 0.192 e. The number of hydrogen-bond donors (Lipinski definition) is 1. The van der Waals surface area contributed by atoms with Crippen molar-refractivity contribution in [1.29, 1.82) is 0 Å². The van der Waals surface area contributed by atoms with Crippen molar-refractivity contribution >= 4 is 31.5 Å². The first-order chi connectivity index (χ1) is 12.5. The lowest BCUT2D eigenvalue weighted by molar-refractivity contribution is 0.186. The number of nitrogens with zero attached hydrogens (tertiary/aromatic N) is 2. The second-order valence-corrected chi connectivity index (χ2v) is 11.9. The number of hydrogen-bond acceptors (Lipinski definition) is 4. The highest BCUT2D eigenvalue weighted by molar-refractivity contribution is 6.73. The molecule has 0 amide bonds. The molecule has 2 heterocycles. The molecule has 0 radical (unpaired) electrons. The lowest BCUT2D eigenvalue weighted by atomic mass is 10.1. The second-order valence-electron chi connectivity index (χ2n) is 6.35. The third kappa shape index (κ3) is 5.51. The van der Waals surface area contributed by atoms with Gasteiger partial charge in [0.25, 0.3) is 0 Å². The molecule has 0 aliphatic rings. The Balaban J connectivity index is 2.21. The fourth-order valence-corrected chi connectivity index (χ4v) is 6.49. The summed E-state index contributed by atoms with van der Waals surface area (Å²) in [5.41, 5.74) is 2.01. The molecular weight excluding hydrogens is 385 g/mol. The molecule has 0 saturated carbocycles. The minimum absolute atomic E-state index is 0.189. The monoisotopic (exact) mass is 411 g/mol. The van der Waals surface area contributed by atoms with Gasteiger partial charge in [0.2, 0.25) is 0 Å². The molecule has 0 aliphatic heterocycles. The summed E-state index contributed by atoms with van der Waals surface area (Å²) >= 11 is 12.9. The fraction of sp³-hybridized carbons (Fsp3) is 0.474. The average molecular weight is 412 g/mol. The lowest BCUT2D eigenvalue weighted by Gasteiger charge is -2.34. The molecule has 0 aromatic carbocycles. The molecular formula is C19H27Cl2N3OSi. The first-order valence-electron chi connectivity index (χ1n) is 9.11. The van der Waals surface area contributed by atoms with Crippen LogP contribution in [0.15, 0.2) is 36.9 Å². The van der Waals surface area contributed by atoms with E-state index in [2.05, 4.69) is 36.1 Å². The van der Waals surface area contributed by atoms with Crippen LogP contribution in [0.3, 0.4) is 0 Å². The van der Waals surface area contributed by atoms with E-state index in [0.29, 0.717) is 16.6 Å². The van der Waals surface area contributed by atoms with E-state index in [1.54, 1.807) is 24.8 Å². The summed E-state index contributed by atoms with van der Waals surface area (Å²) in [5, 5.41) is 4.59. The molecule has 2 aromatic heterocycles. The average Bonchev–Trinajstić information content (AvgIpc) is 2.66. The second kappa shape index (κ2) is 10.4. The summed E-state index contributed by atoms with van der Waals surface area (Å²) in [5.74, 6) is 0. The van der Waals surface area contributed by atoms with Crippen molar-refractivity contribution in [3.05, 3.63) is 58.1 Å². The largest absolute Gasteiger partial charge is 0.409 e. The summed E-state index contributed by atoms with van der Waals surface area (Å²) in [6.07, 6.45) is 6.67. The van der Waals surface area contributed by atoms with Crippen molar-refractivity contribution in [2.75, 3.05) is 6.54 Å². The smallest absolute Gasteiger partial charge is 0.192 e. The minimum atomic E-state index is -1.83. The van der Waals surface area contributed by atoms with Gasteiger partial charge in [-0.1, -0.05) is 44.0 Å². The van der Waals surface area contributed by atoms with Crippen LogP contribution in [0, 0.1) is 0 Å². The van der Waals surface area contributed by atoms with E-state index in [9.17, 15) is 0 Å². The quantitative estimate of drug-likeness (QED) is 0.514. The van der Waals surface area contributed by atoms with Crippen LogP contribution in [0.1, 0.15) is 38.0 Å². The molecule has 0 aliphatic carbocycles. The van der Waals surface area contributed by atoms with E-state index in [1.807, 2.05) is 12.1 Å². The van der Waals surface area contributed by atoms with Crippen LogP contribution >= 0.6 is 23.2 Å². The molecule has 1 N–H and O–H groups in total. The highest BCUT2D eigenvalue weighted by Gasteiger charge is 2.34. The van der Waals surface area contributed by atoms with E-state index >= 15 is 0 Å². The van der Waals surface area contributed by atoms with Crippen molar-refractivity contribution in [2.45, 2.75) is 51.6 Å². The van der Waals surface area contributed by atoms with Crippen LogP contribution in [-0.4, -0.2) is 24.8 Å². The van der Waals surface area contributed by atoms with Gasteiger partial charge in [-0.3, -0.25) is 9.97 Å². The lowest BCUT2D eigenvalue weighted by Crippen LogP contribution is -2.40. The Kier molecular flexibility index (Phi) is 8.51. The van der Waals surface area contributed by atoms with Crippen LogP contribution in [0.4, 0.5) is 0 Å².